The van der Waals surface area contributed by atoms with Crippen LogP contribution in [-0.2, 0) is 0 Å². The molecule has 0 saturated heterocycles. The van der Waals surface area contributed by atoms with E-state index < -0.39 is 6.10 Å². The molecule has 20 heavy (non-hydrogen) atoms. The lowest BCUT2D eigenvalue weighted by molar-refractivity contribution is 0.146. The maximum atomic E-state index is 10.7. The first-order valence-corrected chi connectivity index (χ1v) is 7.12. The van der Waals surface area contributed by atoms with Gasteiger partial charge in [0.05, 0.1) is 6.10 Å². The molecule has 3 N–H and O–H groups in total. The van der Waals surface area contributed by atoms with E-state index in [2.05, 4.69) is 0 Å². The number of aryl methyl sites for hydroxylation is 2. The van der Waals surface area contributed by atoms with Crippen LogP contribution in [0.4, 0.5) is 0 Å². The van der Waals surface area contributed by atoms with Crippen LogP contribution in [0.3, 0.4) is 0 Å². The van der Waals surface area contributed by atoms with E-state index in [0.29, 0.717) is 11.6 Å². The fourth-order valence-corrected chi connectivity index (χ4v) is 2.84. The highest BCUT2D eigenvalue weighted by Gasteiger charge is 2.23. The average molecular weight is 290 g/mol. The van der Waals surface area contributed by atoms with Crippen LogP contribution in [0, 0.1) is 13.8 Å². The number of nitrogens with two attached hydrogens (primary N) is 1. The van der Waals surface area contributed by atoms with Crippen molar-refractivity contribution in [2.24, 2.45) is 5.73 Å². The number of rotatable bonds is 4. The van der Waals surface area contributed by atoms with Gasteiger partial charge < -0.3 is 10.8 Å². The van der Waals surface area contributed by atoms with Crippen LogP contribution >= 0.6 is 11.6 Å². The van der Waals surface area contributed by atoms with E-state index in [0.717, 1.165) is 22.3 Å². The summed E-state index contributed by atoms with van der Waals surface area (Å²) in [7, 11) is 0. The summed E-state index contributed by atoms with van der Waals surface area (Å²) in [6.45, 7) is 4.39. The van der Waals surface area contributed by atoms with Crippen LogP contribution < -0.4 is 5.73 Å². The highest BCUT2D eigenvalue weighted by Crippen LogP contribution is 2.34. The lowest BCUT2D eigenvalue weighted by atomic mass is 9.85. The number of aliphatic hydroxyl groups excluding tert-OH is 1. The predicted molar refractivity (Wildman–Crippen MR) is 84.1 cm³/mol. The van der Waals surface area contributed by atoms with Crippen molar-refractivity contribution in [3.63, 3.8) is 0 Å². The molecule has 0 radical (unpaired) electrons. The predicted octanol–water partition coefficient (Wildman–Crippen LogP) is 3.73. The van der Waals surface area contributed by atoms with Crippen molar-refractivity contribution >= 4 is 11.6 Å². The fourth-order valence-electron chi connectivity index (χ4n) is 2.62. The summed E-state index contributed by atoms with van der Waals surface area (Å²) in [5.41, 5.74) is 10.0. The molecule has 0 spiro atoms. The van der Waals surface area contributed by atoms with Crippen LogP contribution in [-0.4, -0.2) is 11.7 Å². The zero-order valence-electron chi connectivity index (χ0n) is 11.8. The summed E-state index contributed by atoms with van der Waals surface area (Å²) in [5, 5.41) is 11.4. The number of aliphatic hydroxyl groups is 1. The molecule has 0 aliphatic heterocycles. The van der Waals surface area contributed by atoms with Crippen LogP contribution in [0.1, 0.15) is 34.3 Å². The van der Waals surface area contributed by atoms with E-state index in [1.807, 2.05) is 50.2 Å². The van der Waals surface area contributed by atoms with E-state index in [-0.39, 0.29) is 5.92 Å². The van der Waals surface area contributed by atoms with E-state index in [1.165, 1.54) is 0 Å². The minimum absolute atomic E-state index is 0.115. The first-order valence-electron chi connectivity index (χ1n) is 6.74. The quantitative estimate of drug-likeness (QED) is 0.901. The van der Waals surface area contributed by atoms with Crippen LogP contribution in [0.25, 0.3) is 0 Å². The number of benzene rings is 2. The molecule has 2 rings (SSSR count). The molecule has 2 aromatic carbocycles. The van der Waals surface area contributed by atoms with Gasteiger partial charge in [-0.25, -0.2) is 0 Å². The molecule has 2 aromatic rings. The van der Waals surface area contributed by atoms with Crippen molar-refractivity contribution in [3.05, 3.63) is 69.7 Å². The Kier molecular flexibility index (Phi) is 4.81. The molecule has 0 amide bonds. The Morgan fingerprint density at radius 2 is 1.75 bits per heavy atom. The second kappa shape index (κ2) is 6.40. The summed E-state index contributed by atoms with van der Waals surface area (Å²) in [4.78, 5) is 0. The largest absolute Gasteiger partial charge is 0.388 e. The average Bonchev–Trinajstić information content (AvgIpc) is 2.41. The SMILES string of the molecule is Cc1cc(Cl)ccc1C(O)C(CN)c1ccccc1C. The fraction of sp³-hybridized carbons (Fsp3) is 0.294. The topological polar surface area (TPSA) is 46.2 Å². The van der Waals surface area contributed by atoms with Gasteiger partial charge in [-0.1, -0.05) is 41.9 Å². The second-order valence-electron chi connectivity index (χ2n) is 5.14. The third kappa shape index (κ3) is 3.04. The molecule has 0 bridgehead atoms. The van der Waals surface area contributed by atoms with Crippen molar-refractivity contribution in [2.45, 2.75) is 25.9 Å². The Morgan fingerprint density at radius 3 is 2.35 bits per heavy atom. The normalized spacial score (nSPS) is 14.1. The van der Waals surface area contributed by atoms with E-state index in [4.69, 9.17) is 17.3 Å². The van der Waals surface area contributed by atoms with Gasteiger partial charge in [0.25, 0.3) is 0 Å². The van der Waals surface area contributed by atoms with E-state index >= 15 is 0 Å². The molecule has 0 heterocycles. The minimum atomic E-state index is -0.627. The van der Waals surface area contributed by atoms with Crippen molar-refractivity contribution in [3.8, 4) is 0 Å². The van der Waals surface area contributed by atoms with Gasteiger partial charge in [-0.15, -0.1) is 0 Å². The summed E-state index contributed by atoms with van der Waals surface area (Å²) >= 11 is 5.97. The molecule has 2 atom stereocenters. The lowest BCUT2D eigenvalue weighted by Crippen LogP contribution is -2.21. The van der Waals surface area contributed by atoms with Crippen LogP contribution in [0.15, 0.2) is 42.5 Å². The highest BCUT2D eigenvalue weighted by atomic mass is 35.5. The molecular weight excluding hydrogens is 270 g/mol. The Hall–Kier alpha value is -1.35. The van der Waals surface area contributed by atoms with Gasteiger partial charge in [-0.3, -0.25) is 0 Å². The van der Waals surface area contributed by atoms with E-state index in [9.17, 15) is 5.11 Å². The maximum Gasteiger partial charge on any atom is 0.0873 e. The van der Waals surface area contributed by atoms with Gasteiger partial charge in [0.15, 0.2) is 0 Å². The van der Waals surface area contributed by atoms with Gasteiger partial charge in [-0.05, 0) is 48.2 Å². The molecule has 106 valence electrons. The maximum absolute atomic E-state index is 10.7. The summed E-state index contributed by atoms with van der Waals surface area (Å²) in [5.74, 6) is -0.115. The summed E-state index contributed by atoms with van der Waals surface area (Å²) in [6, 6.07) is 13.6. The molecule has 0 fully saturated rings. The number of hydrogen-bond donors (Lipinski definition) is 2. The molecule has 2 nitrogen and oxygen atoms in total. The van der Waals surface area contributed by atoms with Gasteiger partial charge >= 0.3 is 0 Å². The molecule has 0 aliphatic carbocycles. The summed E-state index contributed by atoms with van der Waals surface area (Å²) in [6.07, 6.45) is -0.627. The van der Waals surface area contributed by atoms with E-state index in [1.54, 1.807) is 6.07 Å². The van der Waals surface area contributed by atoms with Crippen molar-refractivity contribution in [1.29, 1.82) is 0 Å². The Bertz CT molecular complexity index is 597. The molecule has 2 unspecified atom stereocenters. The molecule has 0 aliphatic rings. The first-order chi connectivity index (χ1) is 9.54. The third-order valence-corrected chi connectivity index (χ3v) is 4.01. The van der Waals surface area contributed by atoms with Gasteiger partial charge in [0.2, 0.25) is 0 Å². The highest BCUT2D eigenvalue weighted by molar-refractivity contribution is 6.30. The number of hydrogen-bond acceptors (Lipinski definition) is 2. The Labute approximate surface area is 125 Å². The molecule has 3 heteroatoms. The molecule has 0 aromatic heterocycles. The van der Waals surface area contributed by atoms with Crippen molar-refractivity contribution < 1.29 is 5.11 Å². The van der Waals surface area contributed by atoms with Gasteiger partial charge in [-0.2, -0.15) is 0 Å². The van der Waals surface area contributed by atoms with Crippen LogP contribution in [0.5, 0.6) is 0 Å². The minimum Gasteiger partial charge on any atom is -0.388 e. The third-order valence-electron chi connectivity index (χ3n) is 3.77. The van der Waals surface area contributed by atoms with Crippen molar-refractivity contribution in [1.82, 2.24) is 0 Å². The molecule has 0 saturated carbocycles. The Morgan fingerprint density at radius 1 is 1.05 bits per heavy atom. The van der Waals surface area contributed by atoms with Gasteiger partial charge in [0.1, 0.15) is 0 Å². The van der Waals surface area contributed by atoms with Crippen molar-refractivity contribution in [2.75, 3.05) is 6.54 Å². The molecular formula is C17H20ClNO. The second-order valence-corrected chi connectivity index (χ2v) is 5.58. The number of halogens is 1. The van der Waals surface area contributed by atoms with Gasteiger partial charge in [0, 0.05) is 17.5 Å². The monoisotopic (exact) mass is 289 g/mol. The zero-order valence-corrected chi connectivity index (χ0v) is 12.6. The summed E-state index contributed by atoms with van der Waals surface area (Å²) < 4.78 is 0. The Balaban J connectivity index is 2.39. The lowest BCUT2D eigenvalue weighted by Gasteiger charge is -2.25. The zero-order chi connectivity index (χ0) is 14.7. The standard InChI is InChI=1S/C17H20ClNO/c1-11-5-3-4-6-14(11)16(10-19)17(20)15-8-7-13(18)9-12(15)2/h3-9,16-17,20H,10,19H2,1-2H3. The first kappa shape index (κ1) is 15.0. The smallest absolute Gasteiger partial charge is 0.0873 e. The van der Waals surface area contributed by atoms with Crippen LogP contribution in [0.2, 0.25) is 5.02 Å².